The molecule has 1 aliphatic rings. The van der Waals surface area contributed by atoms with E-state index in [1.165, 1.54) is 6.20 Å². The van der Waals surface area contributed by atoms with Crippen LogP contribution in [-0.4, -0.2) is 40.7 Å². The molecule has 1 aromatic carbocycles. The standard InChI is InChI=1S/C21H24N4O3/c26-19(10-9-16-6-2-1-3-7-16)25-14-11-17(12-15-25)20(27)23-24-21(28)18-8-4-5-13-22-18/h1-8,13,17H,9-12,14-15H2,(H,23,27)(H,24,28). The number of hydrogen-bond donors (Lipinski definition) is 2. The summed E-state index contributed by atoms with van der Waals surface area (Å²) in [5.41, 5.74) is 6.23. The number of aromatic nitrogens is 1. The third kappa shape index (κ3) is 5.39. The Morgan fingerprint density at radius 3 is 2.36 bits per heavy atom. The Hall–Kier alpha value is -3.22. The van der Waals surface area contributed by atoms with Gasteiger partial charge in [0, 0.05) is 31.6 Å². The molecule has 2 N–H and O–H groups in total. The van der Waals surface area contributed by atoms with Crippen molar-refractivity contribution >= 4 is 17.7 Å². The highest BCUT2D eigenvalue weighted by molar-refractivity contribution is 5.93. The Labute approximate surface area is 164 Å². The van der Waals surface area contributed by atoms with Crippen molar-refractivity contribution in [3.05, 3.63) is 66.0 Å². The summed E-state index contributed by atoms with van der Waals surface area (Å²) in [4.78, 5) is 42.3. The van der Waals surface area contributed by atoms with Gasteiger partial charge in [-0.3, -0.25) is 30.2 Å². The number of carbonyl (C=O) groups is 3. The third-order valence-electron chi connectivity index (χ3n) is 4.89. The number of pyridine rings is 1. The average molecular weight is 380 g/mol. The minimum Gasteiger partial charge on any atom is -0.343 e. The molecule has 1 aliphatic heterocycles. The lowest BCUT2D eigenvalue weighted by molar-refractivity contribution is -0.135. The van der Waals surface area contributed by atoms with E-state index in [1.807, 2.05) is 35.2 Å². The van der Waals surface area contributed by atoms with Crippen molar-refractivity contribution in [2.45, 2.75) is 25.7 Å². The highest BCUT2D eigenvalue weighted by atomic mass is 16.2. The van der Waals surface area contributed by atoms with Crippen molar-refractivity contribution in [1.82, 2.24) is 20.7 Å². The summed E-state index contributed by atoms with van der Waals surface area (Å²) < 4.78 is 0. The molecule has 7 nitrogen and oxygen atoms in total. The molecule has 3 rings (SSSR count). The first kappa shape index (κ1) is 19.5. The number of piperidine rings is 1. The zero-order valence-corrected chi connectivity index (χ0v) is 15.6. The number of hydrogen-bond acceptors (Lipinski definition) is 4. The Kier molecular flexibility index (Phi) is 6.73. The van der Waals surface area contributed by atoms with E-state index in [9.17, 15) is 14.4 Å². The minimum absolute atomic E-state index is 0.117. The lowest BCUT2D eigenvalue weighted by Crippen LogP contribution is -2.48. The van der Waals surface area contributed by atoms with Gasteiger partial charge in [0.05, 0.1) is 0 Å². The topological polar surface area (TPSA) is 91.4 Å². The Bertz CT molecular complexity index is 803. The fourth-order valence-electron chi connectivity index (χ4n) is 3.23. The largest absolute Gasteiger partial charge is 0.343 e. The first-order chi connectivity index (χ1) is 13.6. The van der Waals surface area contributed by atoms with Crippen molar-refractivity contribution in [1.29, 1.82) is 0 Å². The zero-order chi connectivity index (χ0) is 19.8. The summed E-state index contributed by atoms with van der Waals surface area (Å²) in [6.45, 7) is 1.11. The monoisotopic (exact) mass is 380 g/mol. The van der Waals surface area contributed by atoms with Crippen molar-refractivity contribution < 1.29 is 14.4 Å². The summed E-state index contributed by atoms with van der Waals surface area (Å²) in [7, 11) is 0. The molecule has 7 heteroatoms. The Balaban J connectivity index is 1.39. The number of benzene rings is 1. The van der Waals surface area contributed by atoms with E-state index in [2.05, 4.69) is 15.8 Å². The number of amides is 3. The molecule has 1 aromatic heterocycles. The number of aryl methyl sites for hydroxylation is 1. The molecule has 146 valence electrons. The van der Waals surface area contributed by atoms with Gasteiger partial charge in [-0.25, -0.2) is 0 Å². The highest BCUT2D eigenvalue weighted by Gasteiger charge is 2.27. The van der Waals surface area contributed by atoms with Crippen LogP contribution in [0.5, 0.6) is 0 Å². The van der Waals surface area contributed by atoms with Gasteiger partial charge in [-0.15, -0.1) is 0 Å². The normalized spacial score (nSPS) is 14.4. The van der Waals surface area contributed by atoms with Crippen LogP contribution in [0.25, 0.3) is 0 Å². The molecule has 2 aromatic rings. The summed E-state index contributed by atoms with van der Waals surface area (Å²) in [5.74, 6) is -0.795. The van der Waals surface area contributed by atoms with Crippen LogP contribution in [0.2, 0.25) is 0 Å². The van der Waals surface area contributed by atoms with E-state index >= 15 is 0 Å². The molecule has 0 aliphatic carbocycles. The maximum absolute atomic E-state index is 12.4. The fraction of sp³-hybridized carbons (Fsp3) is 0.333. The van der Waals surface area contributed by atoms with E-state index in [0.29, 0.717) is 32.4 Å². The number of rotatable bonds is 5. The third-order valence-corrected chi connectivity index (χ3v) is 4.89. The smallest absolute Gasteiger partial charge is 0.288 e. The van der Waals surface area contributed by atoms with Crippen LogP contribution >= 0.6 is 0 Å². The van der Waals surface area contributed by atoms with Gasteiger partial charge >= 0.3 is 0 Å². The number of nitrogens with zero attached hydrogens (tertiary/aromatic N) is 2. The number of nitrogens with one attached hydrogen (secondary N) is 2. The predicted octanol–water partition coefficient (Wildman–Crippen LogP) is 1.71. The first-order valence-corrected chi connectivity index (χ1v) is 9.46. The van der Waals surface area contributed by atoms with Crippen molar-refractivity contribution in [3.63, 3.8) is 0 Å². The lowest BCUT2D eigenvalue weighted by Gasteiger charge is -2.31. The lowest BCUT2D eigenvalue weighted by atomic mass is 9.95. The van der Waals surface area contributed by atoms with Crippen LogP contribution in [0, 0.1) is 5.92 Å². The molecular formula is C21H24N4O3. The van der Waals surface area contributed by atoms with Gasteiger partial charge in [0.15, 0.2) is 0 Å². The van der Waals surface area contributed by atoms with Crippen molar-refractivity contribution in [3.8, 4) is 0 Å². The van der Waals surface area contributed by atoms with E-state index in [0.717, 1.165) is 12.0 Å². The van der Waals surface area contributed by atoms with Gasteiger partial charge in [-0.05, 0) is 37.0 Å². The maximum atomic E-state index is 12.4. The molecule has 0 atom stereocenters. The second kappa shape index (κ2) is 9.64. The minimum atomic E-state index is -0.456. The SMILES string of the molecule is O=C(NNC(=O)C1CCN(C(=O)CCc2ccccc2)CC1)c1ccccn1. The van der Waals surface area contributed by atoms with Crippen molar-refractivity contribution in [2.24, 2.45) is 5.92 Å². The van der Waals surface area contributed by atoms with E-state index in [1.54, 1.807) is 18.2 Å². The van der Waals surface area contributed by atoms with E-state index < -0.39 is 5.91 Å². The Morgan fingerprint density at radius 2 is 1.68 bits per heavy atom. The average Bonchev–Trinajstić information content (AvgIpc) is 2.77. The Morgan fingerprint density at radius 1 is 0.964 bits per heavy atom. The van der Waals surface area contributed by atoms with Crippen LogP contribution in [0.4, 0.5) is 0 Å². The van der Waals surface area contributed by atoms with Crippen molar-refractivity contribution in [2.75, 3.05) is 13.1 Å². The van der Waals surface area contributed by atoms with Gasteiger partial charge in [0.25, 0.3) is 5.91 Å². The molecular weight excluding hydrogens is 356 g/mol. The maximum Gasteiger partial charge on any atom is 0.288 e. The predicted molar refractivity (Wildman–Crippen MR) is 104 cm³/mol. The fourth-order valence-corrected chi connectivity index (χ4v) is 3.23. The molecule has 0 saturated carbocycles. The van der Waals surface area contributed by atoms with Gasteiger partial charge in [0.2, 0.25) is 11.8 Å². The van der Waals surface area contributed by atoms with Gasteiger partial charge in [0.1, 0.15) is 5.69 Å². The first-order valence-electron chi connectivity index (χ1n) is 9.46. The second-order valence-electron chi connectivity index (χ2n) is 6.80. The van der Waals surface area contributed by atoms with Crippen LogP contribution in [0.15, 0.2) is 54.7 Å². The molecule has 0 bridgehead atoms. The molecule has 0 radical (unpaired) electrons. The molecule has 1 saturated heterocycles. The second-order valence-corrected chi connectivity index (χ2v) is 6.80. The summed E-state index contributed by atoms with van der Waals surface area (Å²) in [5, 5.41) is 0. The molecule has 0 unspecified atom stereocenters. The van der Waals surface area contributed by atoms with Gasteiger partial charge < -0.3 is 4.90 Å². The molecule has 28 heavy (non-hydrogen) atoms. The molecule has 3 amide bonds. The summed E-state index contributed by atoms with van der Waals surface area (Å²) >= 11 is 0. The highest BCUT2D eigenvalue weighted by Crippen LogP contribution is 2.18. The van der Waals surface area contributed by atoms with Gasteiger partial charge in [-0.2, -0.15) is 0 Å². The van der Waals surface area contributed by atoms with E-state index in [-0.39, 0.29) is 23.4 Å². The number of likely N-dealkylation sites (tertiary alicyclic amines) is 1. The summed E-state index contributed by atoms with van der Waals surface area (Å²) in [6, 6.07) is 14.9. The molecule has 0 spiro atoms. The quantitative estimate of drug-likeness (QED) is 0.773. The summed E-state index contributed by atoms with van der Waals surface area (Å²) in [6.07, 6.45) is 3.88. The van der Waals surface area contributed by atoms with Crippen LogP contribution in [-0.2, 0) is 16.0 Å². The number of hydrazine groups is 1. The number of carbonyl (C=O) groups excluding carboxylic acids is 3. The molecule has 1 fully saturated rings. The molecule has 2 heterocycles. The van der Waals surface area contributed by atoms with Crippen LogP contribution in [0.1, 0.15) is 35.3 Å². The van der Waals surface area contributed by atoms with E-state index in [4.69, 9.17) is 0 Å². The van der Waals surface area contributed by atoms with Crippen LogP contribution < -0.4 is 10.9 Å². The van der Waals surface area contributed by atoms with Crippen LogP contribution in [0.3, 0.4) is 0 Å². The zero-order valence-electron chi connectivity index (χ0n) is 15.6. The van der Waals surface area contributed by atoms with Gasteiger partial charge in [-0.1, -0.05) is 36.4 Å².